The lowest BCUT2D eigenvalue weighted by Gasteiger charge is -2.08. The minimum atomic E-state index is 0.621. The quantitative estimate of drug-likeness (QED) is 0.761. The van der Waals surface area contributed by atoms with E-state index in [1.807, 2.05) is 32.3 Å². The minimum absolute atomic E-state index is 0.621. The summed E-state index contributed by atoms with van der Waals surface area (Å²) in [5.41, 5.74) is 1.19. The number of likely N-dealkylation sites (N-methyl/N-ethyl adjacent to an activating group) is 1. The first-order valence-corrected chi connectivity index (χ1v) is 6.45. The zero-order valence-corrected chi connectivity index (χ0v) is 11.5. The third-order valence-electron chi connectivity index (χ3n) is 2.73. The predicted octanol–water partition coefficient (Wildman–Crippen LogP) is 1.31. The van der Waals surface area contributed by atoms with Crippen LogP contribution in [0.3, 0.4) is 0 Å². The second-order valence-electron chi connectivity index (χ2n) is 4.75. The molecule has 0 unspecified atom stereocenters. The molecular formula is C14H20N4O. The number of aromatic nitrogens is 2. The Morgan fingerprint density at radius 2 is 2.00 bits per heavy atom. The maximum absolute atomic E-state index is 5.21. The zero-order chi connectivity index (χ0) is 13.5. The van der Waals surface area contributed by atoms with Crippen LogP contribution in [-0.2, 0) is 13.0 Å². The van der Waals surface area contributed by atoms with E-state index in [0.717, 1.165) is 18.9 Å². The molecule has 0 aliphatic heterocycles. The fraction of sp³-hybridized carbons (Fsp3) is 0.429. The number of benzene rings is 1. The van der Waals surface area contributed by atoms with Gasteiger partial charge in [-0.3, -0.25) is 0 Å². The van der Waals surface area contributed by atoms with E-state index in [9.17, 15) is 0 Å². The van der Waals surface area contributed by atoms with Gasteiger partial charge in [0.05, 0.1) is 6.54 Å². The highest BCUT2D eigenvalue weighted by Gasteiger charge is 2.06. The molecule has 0 bridgehead atoms. The largest absolute Gasteiger partial charge is 0.338 e. The third kappa shape index (κ3) is 4.81. The van der Waals surface area contributed by atoms with Crippen LogP contribution in [0.4, 0.5) is 0 Å². The van der Waals surface area contributed by atoms with Crippen molar-refractivity contribution in [2.75, 3.05) is 27.2 Å². The second-order valence-corrected chi connectivity index (χ2v) is 4.75. The Morgan fingerprint density at radius 3 is 2.74 bits per heavy atom. The molecule has 19 heavy (non-hydrogen) atoms. The number of nitrogens with one attached hydrogen (secondary N) is 1. The van der Waals surface area contributed by atoms with Gasteiger partial charge in [0.2, 0.25) is 5.89 Å². The Kier molecular flexibility index (Phi) is 5.06. The molecule has 0 aliphatic rings. The maximum Gasteiger partial charge on any atom is 0.240 e. The highest BCUT2D eigenvalue weighted by Crippen LogP contribution is 2.06. The van der Waals surface area contributed by atoms with Gasteiger partial charge < -0.3 is 14.7 Å². The van der Waals surface area contributed by atoms with E-state index in [-0.39, 0.29) is 0 Å². The highest BCUT2D eigenvalue weighted by atomic mass is 16.5. The van der Waals surface area contributed by atoms with Gasteiger partial charge in [-0.25, -0.2) is 0 Å². The molecule has 2 aromatic rings. The highest BCUT2D eigenvalue weighted by molar-refractivity contribution is 5.18. The van der Waals surface area contributed by atoms with Crippen LogP contribution in [0.25, 0.3) is 0 Å². The molecule has 102 valence electrons. The van der Waals surface area contributed by atoms with Gasteiger partial charge >= 0.3 is 0 Å². The van der Waals surface area contributed by atoms with Crippen molar-refractivity contribution in [3.63, 3.8) is 0 Å². The molecule has 0 saturated heterocycles. The number of rotatable bonds is 7. The molecular weight excluding hydrogens is 240 g/mol. The van der Waals surface area contributed by atoms with Gasteiger partial charge in [0.1, 0.15) is 0 Å². The van der Waals surface area contributed by atoms with Gasteiger partial charge in [-0.2, -0.15) is 4.98 Å². The summed E-state index contributed by atoms with van der Waals surface area (Å²) in [6.07, 6.45) is 0.710. The lowest BCUT2D eigenvalue weighted by Crippen LogP contribution is -2.26. The normalized spacial score (nSPS) is 11.1. The first-order chi connectivity index (χ1) is 9.24. The van der Waals surface area contributed by atoms with Crippen molar-refractivity contribution in [3.05, 3.63) is 47.6 Å². The van der Waals surface area contributed by atoms with E-state index in [0.29, 0.717) is 18.9 Å². The van der Waals surface area contributed by atoms with Crippen molar-refractivity contribution >= 4 is 0 Å². The monoisotopic (exact) mass is 260 g/mol. The topological polar surface area (TPSA) is 54.2 Å². The van der Waals surface area contributed by atoms with Gasteiger partial charge in [-0.15, -0.1) is 0 Å². The molecule has 1 aromatic carbocycles. The molecule has 0 fully saturated rings. The van der Waals surface area contributed by atoms with E-state index < -0.39 is 0 Å². The summed E-state index contributed by atoms with van der Waals surface area (Å²) in [5.74, 6) is 1.38. The van der Waals surface area contributed by atoms with Crippen LogP contribution < -0.4 is 5.32 Å². The standard InChI is InChI=1S/C14H20N4O/c1-18(2)9-8-15-11-14-16-13(17-19-14)10-12-6-4-3-5-7-12/h3-7,15H,8-11H2,1-2H3. The molecule has 0 spiro atoms. The molecule has 0 aliphatic carbocycles. The lowest BCUT2D eigenvalue weighted by atomic mass is 10.1. The van der Waals surface area contributed by atoms with Gasteiger partial charge in [0, 0.05) is 19.5 Å². The summed E-state index contributed by atoms with van der Waals surface area (Å²) >= 11 is 0. The third-order valence-corrected chi connectivity index (χ3v) is 2.73. The predicted molar refractivity (Wildman–Crippen MR) is 73.8 cm³/mol. The Morgan fingerprint density at radius 1 is 1.21 bits per heavy atom. The van der Waals surface area contributed by atoms with Crippen LogP contribution in [-0.4, -0.2) is 42.2 Å². The van der Waals surface area contributed by atoms with Crippen LogP contribution in [0, 0.1) is 0 Å². The van der Waals surface area contributed by atoms with Gasteiger partial charge in [-0.1, -0.05) is 35.5 Å². The lowest BCUT2D eigenvalue weighted by molar-refractivity contribution is 0.352. The Balaban J connectivity index is 1.79. The van der Waals surface area contributed by atoms with Crippen LogP contribution in [0.15, 0.2) is 34.9 Å². The maximum atomic E-state index is 5.21. The minimum Gasteiger partial charge on any atom is -0.338 e. The van der Waals surface area contributed by atoms with Gasteiger partial charge in [-0.05, 0) is 19.7 Å². The van der Waals surface area contributed by atoms with Crippen molar-refractivity contribution < 1.29 is 4.52 Å². The summed E-state index contributed by atoms with van der Waals surface area (Å²) in [6.45, 7) is 2.52. The van der Waals surface area contributed by atoms with E-state index in [4.69, 9.17) is 4.52 Å². The molecule has 0 saturated carbocycles. The molecule has 0 radical (unpaired) electrons. The molecule has 0 atom stereocenters. The zero-order valence-electron chi connectivity index (χ0n) is 11.5. The van der Waals surface area contributed by atoms with Crippen molar-refractivity contribution in [1.29, 1.82) is 0 Å². The molecule has 0 amide bonds. The molecule has 2 rings (SSSR count). The fourth-order valence-corrected chi connectivity index (χ4v) is 1.71. The average molecular weight is 260 g/mol. The summed E-state index contributed by atoms with van der Waals surface area (Å²) in [4.78, 5) is 6.49. The average Bonchev–Trinajstić information content (AvgIpc) is 2.83. The van der Waals surface area contributed by atoms with E-state index in [1.54, 1.807) is 0 Å². The van der Waals surface area contributed by atoms with Gasteiger partial charge in [0.25, 0.3) is 0 Å². The summed E-state index contributed by atoms with van der Waals surface area (Å²) in [7, 11) is 4.10. The second kappa shape index (κ2) is 7.01. The molecule has 1 aromatic heterocycles. The summed E-state index contributed by atoms with van der Waals surface area (Å²) in [6, 6.07) is 10.1. The smallest absolute Gasteiger partial charge is 0.240 e. The van der Waals surface area contributed by atoms with E-state index in [2.05, 4.69) is 32.5 Å². The summed E-state index contributed by atoms with van der Waals surface area (Å²) < 4.78 is 5.21. The molecule has 1 heterocycles. The van der Waals surface area contributed by atoms with E-state index >= 15 is 0 Å². The summed E-state index contributed by atoms with van der Waals surface area (Å²) in [5, 5.41) is 7.26. The molecule has 5 nitrogen and oxygen atoms in total. The Labute approximate surface area is 113 Å². The first kappa shape index (κ1) is 13.7. The van der Waals surface area contributed by atoms with Crippen LogP contribution in [0.2, 0.25) is 0 Å². The van der Waals surface area contributed by atoms with Crippen molar-refractivity contribution in [2.45, 2.75) is 13.0 Å². The first-order valence-electron chi connectivity index (χ1n) is 6.45. The Hall–Kier alpha value is -1.72. The Bertz CT molecular complexity index is 481. The number of nitrogens with zero attached hydrogens (tertiary/aromatic N) is 3. The SMILES string of the molecule is CN(C)CCNCc1nc(Cc2ccccc2)no1. The van der Waals surface area contributed by atoms with Crippen molar-refractivity contribution in [1.82, 2.24) is 20.4 Å². The van der Waals surface area contributed by atoms with Crippen LogP contribution in [0.1, 0.15) is 17.3 Å². The number of hydrogen-bond acceptors (Lipinski definition) is 5. The van der Waals surface area contributed by atoms with Crippen molar-refractivity contribution in [2.24, 2.45) is 0 Å². The fourth-order valence-electron chi connectivity index (χ4n) is 1.71. The molecule has 1 N–H and O–H groups in total. The van der Waals surface area contributed by atoms with Crippen LogP contribution >= 0.6 is 0 Å². The van der Waals surface area contributed by atoms with Gasteiger partial charge in [0.15, 0.2) is 5.82 Å². The number of hydrogen-bond donors (Lipinski definition) is 1. The van der Waals surface area contributed by atoms with Crippen LogP contribution in [0.5, 0.6) is 0 Å². The molecule has 5 heteroatoms. The van der Waals surface area contributed by atoms with Crippen molar-refractivity contribution in [3.8, 4) is 0 Å². The van der Waals surface area contributed by atoms with E-state index in [1.165, 1.54) is 5.56 Å².